The highest BCUT2D eigenvalue weighted by Gasteiger charge is 2.22. The van der Waals surface area contributed by atoms with Gasteiger partial charge in [-0.25, -0.2) is 9.38 Å². The molecule has 0 aliphatic carbocycles. The van der Waals surface area contributed by atoms with E-state index in [0.29, 0.717) is 31.5 Å². The molecule has 3 rings (SSSR count). The molecule has 0 aromatic heterocycles. The molecule has 0 spiro atoms. The summed E-state index contributed by atoms with van der Waals surface area (Å²) in [5.74, 6) is 0.698. The van der Waals surface area contributed by atoms with Crippen LogP contribution in [0.3, 0.4) is 0 Å². The second kappa shape index (κ2) is 12.8. The smallest absolute Gasteiger partial charge is 0.194 e. The average molecular weight is 437 g/mol. The first kappa shape index (κ1) is 23.8. The van der Waals surface area contributed by atoms with Gasteiger partial charge >= 0.3 is 0 Å². The Morgan fingerprint density at radius 2 is 1.97 bits per heavy atom. The number of ether oxygens (including phenoxy) is 3. The van der Waals surface area contributed by atoms with E-state index in [1.807, 2.05) is 17.0 Å². The van der Waals surface area contributed by atoms with Crippen LogP contribution in [-0.4, -0.2) is 83.2 Å². The number of methoxy groups -OCH3 is 1. The van der Waals surface area contributed by atoms with Gasteiger partial charge in [0.05, 0.1) is 31.5 Å². The molecular formula is C23H37FN4O3. The number of guanidine groups is 1. The predicted molar refractivity (Wildman–Crippen MR) is 121 cm³/mol. The topological polar surface area (TPSA) is 58.6 Å². The summed E-state index contributed by atoms with van der Waals surface area (Å²) in [6.45, 7) is 9.37. The second-order valence-corrected chi connectivity index (χ2v) is 7.96. The zero-order chi connectivity index (χ0) is 21.9. The van der Waals surface area contributed by atoms with Crippen molar-refractivity contribution in [3.63, 3.8) is 0 Å². The van der Waals surface area contributed by atoms with Gasteiger partial charge in [0, 0.05) is 53.0 Å². The van der Waals surface area contributed by atoms with E-state index < -0.39 is 0 Å². The maximum absolute atomic E-state index is 14.7. The molecule has 1 N–H and O–H groups in total. The summed E-state index contributed by atoms with van der Waals surface area (Å²) in [6.07, 6.45) is 3.21. The van der Waals surface area contributed by atoms with Crippen LogP contribution in [-0.2, 0) is 20.8 Å². The fraction of sp³-hybridized carbons (Fsp3) is 0.696. The highest BCUT2D eigenvalue weighted by Crippen LogP contribution is 2.22. The van der Waals surface area contributed by atoms with Gasteiger partial charge in [-0.1, -0.05) is 6.07 Å². The highest BCUT2D eigenvalue weighted by atomic mass is 19.1. The summed E-state index contributed by atoms with van der Waals surface area (Å²) >= 11 is 0. The third-order valence-corrected chi connectivity index (χ3v) is 5.70. The normalized spacial score (nSPS) is 18.5. The monoisotopic (exact) mass is 436 g/mol. The van der Waals surface area contributed by atoms with Gasteiger partial charge in [0.2, 0.25) is 0 Å². The van der Waals surface area contributed by atoms with E-state index >= 15 is 0 Å². The van der Waals surface area contributed by atoms with Crippen LogP contribution in [0.15, 0.2) is 23.2 Å². The van der Waals surface area contributed by atoms with Crippen LogP contribution in [0.25, 0.3) is 0 Å². The van der Waals surface area contributed by atoms with E-state index in [1.165, 1.54) is 0 Å². The van der Waals surface area contributed by atoms with Gasteiger partial charge in [0.1, 0.15) is 5.82 Å². The minimum absolute atomic E-state index is 0.189. The molecule has 0 radical (unpaired) electrons. The summed E-state index contributed by atoms with van der Waals surface area (Å²) in [4.78, 5) is 9.09. The maximum Gasteiger partial charge on any atom is 0.194 e. The van der Waals surface area contributed by atoms with Gasteiger partial charge in [-0.3, -0.25) is 0 Å². The lowest BCUT2D eigenvalue weighted by Crippen LogP contribution is -2.47. The van der Waals surface area contributed by atoms with Crippen molar-refractivity contribution in [2.45, 2.75) is 38.8 Å². The van der Waals surface area contributed by atoms with Crippen LogP contribution < -0.4 is 10.2 Å². The van der Waals surface area contributed by atoms with E-state index in [-0.39, 0.29) is 5.82 Å². The van der Waals surface area contributed by atoms with E-state index in [4.69, 9.17) is 19.2 Å². The van der Waals surface area contributed by atoms with Crippen molar-refractivity contribution < 1.29 is 18.6 Å². The number of piperidine rings is 1. The van der Waals surface area contributed by atoms with Crippen molar-refractivity contribution in [1.29, 1.82) is 0 Å². The van der Waals surface area contributed by atoms with Crippen molar-refractivity contribution in [2.75, 3.05) is 71.2 Å². The zero-order valence-corrected chi connectivity index (χ0v) is 18.9. The molecule has 1 aromatic rings. The number of anilines is 1. The van der Waals surface area contributed by atoms with Crippen molar-refractivity contribution in [1.82, 2.24) is 10.2 Å². The molecule has 8 heteroatoms. The molecule has 0 unspecified atom stereocenters. The third kappa shape index (κ3) is 7.33. The van der Waals surface area contributed by atoms with E-state index in [0.717, 1.165) is 76.7 Å². The number of halogens is 1. The number of aliphatic imine (C=N–C) groups is 1. The van der Waals surface area contributed by atoms with Crippen LogP contribution in [0, 0.1) is 5.82 Å². The van der Waals surface area contributed by atoms with Gasteiger partial charge in [0.25, 0.3) is 0 Å². The summed E-state index contributed by atoms with van der Waals surface area (Å²) in [5.41, 5.74) is 1.52. The van der Waals surface area contributed by atoms with Crippen LogP contribution in [0.5, 0.6) is 0 Å². The Bertz CT molecular complexity index is 689. The highest BCUT2D eigenvalue weighted by molar-refractivity contribution is 5.80. The lowest BCUT2D eigenvalue weighted by atomic mass is 10.1. The van der Waals surface area contributed by atoms with E-state index in [2.05, 4.69) is 17.1 Å². The molecule has 2 heterocycles. The first-order chi connectivity index (χ1) is 15.2. The minimum atomic E-state index is -0.189. The third-order valence-electron chi connectivity index (χ3n) is 5.70. The first-order valence-electron chi connectivity index (χ1n) is 11.5. The van der Waals surface area contributed by atoms with Gasteiger partial charge in [0.15, 0.2) is 5.96 Å². The Morgan fingerprint density at radius 1 is 1.19 bits per heavy atom. The van der Waals surface area contributed by atoms with Gasteiger partial charge in [-0.15, -0.1) is 0 Å². The number of likely N-dealkylation sites (tertiary alicyclic amines) is 1. The molecule has 0 saturated carbocycles. The number of nitrogens with zero attached hydrogens (tertiary/aromatic N) is 3. The summed E-state index contributed by atoms with van der Waals surface area (Å²) in [7, 11) is 1.72. The molecule has 2 fully saturated rings. The van der Waals surface area contributed by atoms with Crippen LogP contribution in [0.2, 0.25) is 0 Å². The molecule has 31 heavy (non-hydrogen) atoms. The summed E-state index contributed by atoms with van der Waals surface area (Å²) < 4.78 is 31.1. The average Bonchev–Trinajstić information content (AvgIpc) is 2.81. The first-order valence-corrected chi connectivity index (χ1v) is 11.5. The van der Waals surface area contributed by atoms with Crippen LogP contribution >= 0.6 is 0 Å². The van der Waals surface area contributed by atoms with E-state index in [9.17, 15) is 4.39 Å². The fourth-order valence-electron chi connectivity index (χ4n) is 3.99. The van der Waals surface area contributed by atoms with Gasteiger partial charge in [-0.2, -0.15) is 0 Å². The summed E-state index contributed by atoms with van der Waals surface area (Å²) in [5, 5.41) is 3.38. The molecule has 2 aliphatic heterocycles. The van der Waals surface area contributed by atoms with Crippen LogP contribution in [0.1, 0.15) is 31.7 Å². The Hall–Kier alpha value is -1.90. The maximum atomic E-state index is 14.7. The molecule has 7 nitrogen and oxygen atoms in total. The molecule has 174 valence electrons. The Labute approximate surface area is 185 Å². The Kier molecular flexibility index (Phi) is 9.84. The predicted octanol–water partition coefficient (Wildman–Crippen LogP) is 2.65. The number of hydrogen-bond acceptors (Lipinski definition) is 5. The standard InChI is InChI=1S/C23H37FN4O3/c1-3-25-23(28-9-7-20(8-10-28)31-14-4-13-29-2)26-18-19-5-6-22(21(24)17-19)27-11-15-30-16-12-27/h5-6,17,20H,3-4,7-16,18H2,1-2H3,(H,25,26). The summed E-state index contributed by atoms with van der Waals surface area (Å²) in [6, 6.07) is 5.45. The fourth-order valence-corrected chi connectivity index (χ4v) is 3.99. The largest absolute Gasteiger partial charge is 0.385 e. The zero-order valence-electron chi connectivity index (χ0n) is 18.9. The SMILES string of the molecule is CCNC(=NCc1ccc(N2CCOCC2)c(F)c1)N1CCC(OCCCOC)CC1. The molecule has 2 saturated heterocycles. The van der Waals surface area contributed by atoms with Gasteiger partial charge in [-0.05, 0) is 43.9 Å². The molecular weight excluding hydrogens is 399 g/mol. The minimum Gasteiger partial charge on any atom is -0.385 e. The second-order valence-electron chi connectivity index (χ2n) is 7.96. The van der Waals surface area contributed by atoms with Crippen molar-refractivity contribution in [3.05, 3.63) is 29.6 Å². The molecule has 0 bridgehead atoms. The molecule has 0 atom stereocenters. The lowest BCUT2D eigenvalue weighted by Gasteiger charge is -2.34. The van der Waals surface area contributed by atoms with Crippen LogP contribution in [0.4, 0.5) is 10.1 Å². The van der Waals surface area contributed by atoms with Gasteiger partial charge < -0.3 is 29.3 Å². The number of nitrogens with one attached hydrogen (secondary N) is 1. The lowest BCUT2D eigenvalue weighted by molar-refractivity contribution is 0.00990. The molecule has 0 amide bonds. The number of hydrogen-bond donors (Lipinski definition) is 1. The van der Waals surface area contributed by atoms with E-state index in [1.54, 1.807) is 13.2 Å². The quantitative estimate of drug-likeness (QED) is 0.365. The molecule has 2 aliphatic rings. The van der Waals surface area contributed by atoms with Crippen molar-refractivity contribution in [3.8, 4) is 0 Å². The molecule has 1 aromatic carbocycles. The van der Waals surface area contributed by atoms with Crippen molar-refractivity contribution >= 4 is 11.6 Å². The number of morpholine rings is 1. The van der Waals surface area contributed by atoms with Crippen molar-refractivity contribution in [2.24, 2.45) is 4.99 Å². The number of rotatable bonds is 9. The number of benzene rings is 1. The Balaban J connectivity index is 1.53. The Morgan fingerprint density at radius 3 is 2.65 bits per heavy atom.